The first-order valence-electron chi connectivity index (χ1n) is 12.9. The molecule has 0 spiro atoms. The standard InChI is InChI=1S/C32H46O6/c1-21(2)23-17-15-19-25(27(23)33-35-29(5,6)7)31(11,12)37-38-32(13,14)26-20-16-18-24(22(3)4)28(26)34-36-30(8,9)10/h15-20H,1,3H2,2,4-14H3. The molecule has 0 amide bonds. The lowest BCUT2D eigenvalue weighted by molar-refractivity contribution is -0.411. The van der Waals surface area contributed by atoms with Crippen molar-refractivity contribution in [1.82, 2.24) is 0 Å². The average Bonchev–Trinajstić information content (AvgIpc) is 2.78. The molecule has 2 aromatic carbocycles. The molecule has 0 saturated carbocycles. The summed E-state index contributed by atoms with van der Waals surface area (Å²) in [7, 11) is 0. The van der Waals surface area contributed by atoms with Gasteiger partial charge in [-0.25, -0.2) is 9.78 Å². The van der Waals surface area contributed by atoms with Crippen molar-refractivity contribution in [2.24, 2.45) is 0 Å². The van der Waals surface area contributed by atoms with E-state index < -0.39 is 22.4 Å². The van der Waals surface area contributed by atoms with Crippen LogP contribution in [0.3, 0.4) is 0 Å². The van der Waals surface area contributed by atoms with Crippen molar-refractivity contribution < 1.29 is 29.3 Å². The summed E-state index contributed by atoms with van der Waals surface area (Å²) in [6, 6.07) is 11.6. The minimum atomic E-state index is -0.922. The van der Waals surface area contributed by atoms with E-state index in [9.17, 15) is 0 Å². The number of rotatable bonds is 11. The zero-order valence-electron chi connectivity index (χ0n) is 25.3. The van der Waals surface area contributed by atoms with E-state index in [2.05, 4.69) is 13.2 Å². The van der Waals surface area contributed by atoms with Crippen LogP contribution in [0.2, 0.25) is 0 Å². The lowest BCUT2D eigenvalue weighted by Gasteiger charge is -2.33. The molecular formula is C32H46O6. The van der Waals surface area contributed by atoms with Gasteiger partial charge >= 0.3 is 0 Å². The van der Waals surface area contributed by atoms with E-state index in [1.54, 1.807) is 0 Å². The second-order valence-electron chi connectivity index (χ2n) is 12.7. The molecule has 0 atom stereocenters. The Bertz CT molecular complexity index is 1050. The van der Waals surface area contributed by atoms with Crippen molar-refractivity contribution in [1.29, 1.82) is 0 Å². The third-order valence-corrected chi connectivity index (χ3v) is 5.46. The Morgan fingerprint density at radius 3 is 1.11 bits per heavy atom. The van der Waals surface area contributed by atoms with Crippen LogP contribution in [-0.2, 0) is 30.8 Å². The first-order chi connectivity index (χ1) is 17.3. The lowest BCUT2D eigenvalue weighted by Crippen LogP contribution is -2.31. The van der Waals surface area contributed by atoms with Gasteiger partial charge in [0.25, 0.3) is 0 Å². The fraction of sp³-hybridized carbons (Fsp3) is 0.500. The average molecular weight is 527 g/mol. The summed E-state index contributed by atoms with van der Waals surface area (Å²) in [5.41, 5.74) is 1.97. The molecule has 0 N–H and O–H groups in total. The third-order valence-electron chi connectivity index (χ3n) is 5.46. The minimum absolute atomic E-state index is 0.511. The second kappa shape index (κ2) is 11.6. The number of benzene rings is 2. The van der Waals surface area contributed by atoms with Crippen LogP contribution in [0.25, 0.3) is 11.1 Å². The first-order valence-corrected chi connectivity index (χ1v) is 12.9. The maximum Gasteiger partial charge on any atom is 0.179 e. The number of allylic oxidation sites excluding steroid dienone is 2. The van der Waals surface area contributed by atoms with Gasteiger partial charge in [-0.3, -0.25) is 0 Å². The van der Waals surface area contributed by atoms with Crippen molar-refractivity contribution in [2.45, 2.75) is 105 Å². The number of hydrogen-bond acceptors (Lipinski definition) is 6. The van der Waals surface area contributed by atoms with Crippen LogP contribution in [0.15, 0.2) is 49.6 Å². The summed E-state index contributed by atoms with van der Waals surface area (Å²) in [5.74, 6) is 1.07. The van der Waals surface area contributed by atoms with Crippen LogP contribution in [0.1, 0.15) is 105 Å². The van der Waals surface area contributed by atoms with Crippen LogP contribution in [0.4, 0.5) is 0 Å². The van der Waals surface area contributed by atoms with Gasteiger partial charge in [-0.2, -0.15) is 9.78 Å². The Morgan fingerprint density at radius 1 is 0.526 bits per heavy atom. The molecule has 0 aliphatic carbocycles. The Kier molecular flexibility index (Phi) is 9.66. The molecule has 2 rings (SSSR count). The Morgan fingerprint density at radius 2 is 0.842 bits per heavy atom. The van der Waals surface area contributed by atoms with Crippen molar-refractivity contribution in [2.75, 3.05) is 0 Å². The molecule has 6 nitrogen and oxygen atoms in total. The smallest absolute Gasteiger partial charge is 0.179 e. The van der Waals surface area contributed by atoms with Crippen molar-refractivity contribution in [3.05, 3.63) is 71.8 Å². The molecule has 210 valence electrons. The van der Waals surface area contributed by atoms with Gasteiger partial charge in [0, 0.05) is 22.3 Å². The van der Waals surface area contributed by atoms with E-state index >= 15 is 0 Å². The normalized spacial score (nSPS) is 12.8. The topological polar surface area (TPSA) is 55.4 Å². The summed E-state index contributed by atoms with van der Waals surface area (Å²) < 4.78 is 0. The maximum atomic E-state index is 6.16. The van der Waals surface area contributed by atoms with E-state index in [1.807, 2.05) is 119 Å². The van der Waals surface area contributed by atoms with Gasteiger partial charge in [-0.1, -0.05) is 49.6 Å². The van der Waals surface area contributed by atoms with Gasteiger partial charge in [0.05, 0.1) is 0 Å². The van der Waals surface area contributed by atoms with E-state index in [0.29, 0.717) is 11.5 Å². The molecule has 38 heavy (non-hydrogen) atoms. The van der Waals surface area contributed by atoms with E-state index in [4.69, 9.17) is 29.3 Å². The van der Waals surface area contributed by atoms with Gasteiger partial charge in [0.1, 0.15) is 22.4 Å². The summed E-state index contributed by atoms with van der Waals surface area (Å²) in [4.78, 5) is 35.4. The highest BCUT2D eigenvalue weighted by molar-refractivity contribution is 5.70. The van der Waals surface area contributed by atoms with Crippen LogP contribution in [-0.4, -0.2) is 11.2 Å². The van der Waals surface area contributed by atoms with Crippen LogP contribution in [0, 0.1) is 0 Å². The summed E-state index contributed by atoms with van der Waals surface area (Å²) >= 11 is 0. The molecule has 0 radical (unpaired) electrons. The quantitative estimate of drug-likeness (QED) is 0.215. The van der Waals surface area contributed by atoms with Gasteiger partial charge in [0.15, 0.2) is 11.5 Å². The van der Waals surface area contributed by atoms with Crippen LogP contribution >= 0.6 is 0 Å². The zero-order valence-corrected chi connectivity index (χ0v) is 25.3. The van der Waals surface area contributed by atoms with E-state index in [0.717, 1.165) is 33.4 Å². The summed E-state index contributed by atoms with van der Waals surface area (Å²) in [6.45, 7) is 31.2. The van der Waals surface area contributed by atoms with Crippen molar-refractivity contribution >= 4 is 11.1 Å². The fourth-order valence-electron chi connectivity index (χ4n) is 3.51. The predicted octanol–water partition coefficient (Wildman–Crippen LogP) is 9.09. The second-order valence-corrected chi connectivity index (χ2v) is 12.7. The first kappa shape index (κ1) is 31.6. The highest BCUT2D eigenvalue weighted by Crippen LogP contribution is 2.42. The molecule has 0 saturated heterocycles. The van der Waals surface area contributed by atoms with Gasteiger partial charge in [-0.05, 0) is 94.2 Å². The fourth-order valence-corrected chi connectivity index (χ4v) is 3.51. The molecule has 0 bridgehead atoms. The van der Waals surface area contributed by atoms with Crippen molar-refractivity contribution in [3.63, 3.8) is 0 Å². The van der Waals surface area contributed by atoms with Gasteiger partial charge in [0.2, 0.25) is 0 Å². The molecule has 0 aliphatic rings. The largest absolute Gasteiger partial charge is 0.336 e. The molecule has 0 aliphatic heterocycles. The monoisotopic (exact) mass is 526 g/mol. The van der Waals surface area contributed by atoms with E-state index in [1.165, 1.54) is 0 Å². The minimum Gasteiger partial charge on any atom is -0.336 e. The Balaban J connectivity index is 2.45. The molecule has 2 aromatic rings. The Labute approximate surface area is 229 Å². The highest BCUT2D eigenvalue weighted by atomic mass is 17.2. The predicted molar refractivity (Wildman–Crippen MR) is 153 cm³/mol. The third kappa shape index (κ3) is 8.43. The molecular weight excluding hydrogens is 480 g/mol. The molecule has 0 unspecified atom stereocenters. The molecule has 0 heterocycles. The highest BCUT2D eigenvalue weighted by Gasteiger charge is 2.36. The van der Waals surface area contributed by atoms with Gasteiger partial charge < -0.3 is 9.78 Å². The Hall–Kier alpha value is -2.64. The SMILES string of the molecule is C=C(C)c1cccc(C(C)(C)OOC(C)(C)c2cccc(C(=C)C)c2OOC(C)(C)C)c1OOC(C)(C)C. The zero-order chi connectivity index (χ0) is 29.1. The maximum absolute atomic E-state index is 6.16. The van der Waals surface area contributed by atoms with Gasteiger partial charge in [-0.15, -0.1) is 0 Å². The lowest BCUT2D eigenvalue weighted by atomic mass is 9.92. The van der Waals surface area contributed by atoms with E-state index in [-0.39, 0.29) is 0 Å². The molecule has 6 heteroatoms. The molecule has 0 fully saturated rings. The van der Waals surface area contributed by atoms with Crippen LogP contribution in [0.5, 0.6) is 11.5 Å². The number of hydrogen-bond donors (Lipinski definition) is 0. The summed E-state index contributed by atoms with van der Waals surface area (Å²) in [5, 5.41) is 0. The molecule has 0 aromatic heterocycles. The van der Waals surface area contributed by atoms with Crippen LogP contribution < -0.4 is 9.78 Å². The number of para-hydroxylation sites is 2. The summed E-state index contributed by atoms with van der Waals surface area (Å²) in [6.07, 6.45) is 0. The van der Waals surface area contributed by atoms with Crippen molar-refractivity contribution in [3.8, 4) is 11.5 Å².